The van der Waals surface area contributed by atoms with Gasteiger partial charge in [0.05, 0.1) is 16.7 Å². The summed E-state index contributed by atoms with van der Waals surface area (Å²) in [6.45, 7) is 6.38. The maximum absolute atomic E-state index is 6.66. The smallest absolute Gasteiger partial charge is 0.166 e. The maximum atomic E-state index is 6.66. The third-order valence-electron chi connectivity index (χ3n) is 12.8. The number of hydrogen-bond acceptors (Lipinski definition) is 5. The van der Waals surface area contributed by atoms with Crippen LogP contribution in [0.2, 0.25) is 0 Å². The Morgan fingerprint density at radius 1 is 0.464 bits per heavy atom. The van der Waals surface area contributed by atoms with Gasteiger partial charge in [0.2, 0.25) is 0 Å². The summed E-state index contributed by atoms with van der Waals surface area (Å²) in [5.74, 6) is 1.50. The van der Waals surface area contributed by atoms with E-state index in [1.807, 2.05) is 67.8 Å². The number of nitrogens with zero attached hydrogens (tertiary/aromatic N) is 5. The minimum Gasteiger partial charge on any atom is -0.456 e. The third-order valence-corrected chi connectivity index (χ3v) is 12.8. The molecule has 0 unspecified atom stereocenters. The Morgan fingerprint density at radius 3 is 1.86 bits per heavy atom. The van der Waals surface area contributed by atoms with Crippen molar-refractivity contribution in [1.82, 2.24) is 24.5 Å². The van der Waals surface area contributed by atoms with E-state index < -0.39 is 0 Å². The molecule has 0 aliphatic heterocycles. The molecule has 0 amide bonds. The summed E-state index contributed by atoms with van der Waals surface area (Å²) in [4.78, 5) is 20.7. The zero-order chi connectivity index (χ0) is 46.3. The molecule has 0 bridgehead atoms. The largest absolute Gasteiger partial charge is 0.456 e. The first-order valence-electron chi connectivity index (χ1n) is 23.1. The van der Waals surface area contributed by atoms with Gasteiger partial charge in [0.15, 0.2) is 17.5 Å². The van der Waals surface area contributed by atoms with Crippen LogP contribution in [0.4, 0.5) is 0 Å². The normalized spacial score (nSPS) is 11.8. The summed E-state index contributed by atoms with van der Waals surface area (Å²) in [6, 6.07) is 69.8. The van der Waals surface area contributed by atoms with Gasteiger partial charge in [0, 0.05) is 61.3 Å². The molecule has 0 radical (unpaired) electrons. The van der Waals surface area contributed by atoms with Crippen LogP contribution in [0.1, 0.15) is 12.7 Å². The Morgan fingerprint density at radius 2 is 1.10 bits per heavy atom. The number of para-hydroxylation sites is 2. The molecular weight excluding hydrogens is 843 g/mol. The Balaban J connectivity index is 1.08. The SMILES string of the molecule is C=C(/C=C\C=C/C)c1nc(-c2ccccc2)nc(-c2cc(-c3ccc(-c4ccccc4)c(-c4ccccc4)c3)cnc2-c2ccc3oc4cc5c6ccccc6n(-c6ccccc6)c5cc4c3c2)n1. The molecule has 4 heterocycles. The number of pyridine rings is 1. The molecule has 12 rings (SSSR count). The van der Waals surface area contributed by atoms with Gasteiger partial charge in [-0.2, -0.15) is 0 Å². The van der Waals surface area contributed by atoms with Crippen molar-refractivity contribution < 1.29 is 4.42 Å². The summed E-state index contributed by atoms with van der Waals surface area (Å²) < 4.78 is 9.00. The van der Waals surface area contributed by atoms with Crippen LogP contribution < -0.4 is 0 Å². The highest BCUT2D eigenvalue weighted by atomic mass is 16.3. The standard InChI is InChI=1S/C63H43N5O/c1-3-4-9-20-41(2)61-65-62(44-25-14-7-15-26-44)67-63(66-61)55-37-47(45-31-33-49(42-21-10-5-11-22-42)51(35-45)43-23-12-6-13-24-43)40-64-60(55)46-32-34-58-53(36-46)54-38-57-52(39-59(54)69-58)50-29-18-19-30-56(50)68(57)48-27-16-8-17-28-48/h3-40H,2H2,1H3/b4-3-,20-9-. The van der Waals surface area contributed by atoms with Gasteiger partial charge in [-0.3, -0.25) is 4.98 Å². The second kappa shape index (κ2) is 17.5. The van der Waals surface area contributed by atoms with E-state index in [0.29, 0.717) is 23.0 Å². The summed E-state index contributed by atoms with van der Waals surface area (Å²) in [5, 5.41) is 4.31. The van der Waals surface area contributed by atoms with Crippen molar-refractivity contribution in [3.8, 4) is 73.1 Å². The Kier molecular flexibility index (Phi) is 10.5. The number of allylic oxidation sites excluding steroid dienone is 5. The Hall–Kier alpha value is -9.26. The number of benzene rings is 8. The van der Waals surface area contributed by atoms with Gasteiger partial charge in [0.25, 0.3) is 0 Å². The molecule has 0 spiro atoms. The lowest BCUT2D eigenvalue weighted by molar-refractivity contribution is 0.669. The number of hydrogen-bond donors (Lipinski definition) is 0. The molecule has 0 fully saturated rings. The lowest BCUT2D eigenvalue weighted by Gasteiger charge is -2.15. The molecule has 0 aliphatic carbocycles. The van der Waals surface area contributed by atoms with Gasteiger partial charge in [0.1, 0.15) is 11.2 Å². The van der Waals surface area contributed by atoms with Crippen molar-refractivity contribution in [2.24, 2.45) is 0 Å². The summed E-state index contributed by atoms with van der Waals surface area (Å²) in [6.07, 6.45) is 9.77. The van der Waals surface area contributed by atoms with E-state index in [0.717, 1.165) is 99.8 Å². The molecule has 0 aliphatic rings. The topological polar surface area (TPSA) is 69.6 Å². The van der Waals surface area contributed by atoms with Crippen LogP contribution in [-0.4, -0.2) is 24.5 Å². The number of aromatic nitrogens is 5. The van der Waals surface area contributed by atoms with Crippen molar-refractivity contribution in [3.63, 3.8) is 0 Å². The lowest BCUT2D eigenvalue weighted by atomic mass is 9.91. The van der Waals surface area contributed by atoms with Crippen LogP contribution in [0.25, 0.3) is 122 Å². The Labute approximate surface area is 399 Å². The molecule has 6 nitrogen and oxygen atoms in total. The summed E-state index contributed by atoms with van der Waals surface area (Å²) in [5.41, 5.74) is 15.4. The van der Waals surface area contributed by atoms with Crippen molar-refractivity contribution in [2.45, 2.75) is 6.92 Å². The molecule has 69 heavy (non-hydrogen) atoms. The highest BCUT2D eigenvalue weighted by molar-refractivity contribution is 6.17. The van der Waals surface area contributed by atoms with Crippen molar-refractivity contribution in [3.05, 3.63) is 243 Å². The highest BCUT2D eigenvalue weighted by Crippen LogP contribution is 2.42. The quantitative estimate of drug-likeness (QED) is 0.128. The van der Waals surface area contributed by atoms with Crippen LogP contribution >= 0.6 is 0 Å². The summed E-state index contributed by atoms with van der Waals surface area (Å²) in [7, 11) is 0. The molecule has 0 saturated heterocycles. The van der Waals surface area contributed by atoms with Gasteiger partial charge < -0.3 is 8.98 Å². The zero-order valence-corrected chi connectivity index (χ0v) is 37.8. The van der Waals surface area contributed by atoms with Crippen molar-refractivity contribution in [1.29, 1.82) is 0 Å². The first-order chi connectivity index (χ1) is 34.1. The van der Waals surface area contributed by atoms with Crippen molar-refractivity contribution in [2.75, 3.05) is 0 Å². The van der Waals surface area contributed by atoms with Crippen LogP contribution in [0.5, 0.6) is 0 Å². The minimum atomic E-state index is 0.476. The first-order valence-corrected chi connectivity index (χ1v) is 23.1. The number of rotatable bonds is 10. The van der Waals surface area contributed by atoms with Gasteiger partial charge in [-0.15, -0.1) is 0 Å². The van der Waals surface area contributed by atoms with Crippen LogP contribution in [0.15, 0.2) is 242 Å². The molecule has 12 aromatic rings. The lowest BCUT2D eigenvalue weighted by Crippen LogP contribution is -2.03. The molecular formula is C63H43N5O. The van der Waals surface area contributed by atoms with E-state index in [-0.39, 0.29) is 0 Å². The van der Waals surface area contributed by atoms with Gasteiger partial charge in [-0.25, -0.2) is 15.0 Å². The molecule has 6 heteroatoms. The monoisotopic (exact) mass is 885 g/mol. The Bertz CT molecular complexity index is 3960. The fourth-order valence-corrected chi connectivity index (χ4v) is 9.43. The van der Waals surface area contributed by atoms with E-state index >= 15 is 0 Å². The molecule has 0 saturated carbocycles. The maximum Gasteiger partial charge on any atom is 0.166 e. The third kappa shape index (κ3) is 7.60. The van der Waals surface area contributed by atoms with Crippen LogP contribution in [0, 0.1) is 0 Å². The molecule has 0 atom stereocenters. The van der Waals surface area contributed by atoms with E-state index in [9.17, 15) is 0 Å². The van der Waals surface area contributed by atoms with E-state index in [2.05, 4.69) is 181 Å². The fraction of sp³-hybridized carbons (Fsp3) is 0.0159. The van der Waals surface area contributed by atoms with E-state index in [4.69, 9.17) is 24.4 Å². The average molecular weight is 886 g/mol. The summed E-state index contributed by atoms with van der Waals surface area (Å²) >= 11 is 0. The average Bonchev–Trinajstić information content (AvgIpc) is 3.95. The van der Waals surface area contributed by atoms with Gasteiger partial charge in [-0.1, -0.05) is 170 Å². The highest BCUT2D eigenvalue weighted by Gasteiger charge is 2.21. The first kappa shape index (κ1) is 41.2. The fourth-order valence-electron chi connectivity index (χ4n) is 9.43. The van der Waals surface area contributed by atoms with Gasteiger partial charge >= 0.3 is 0 Å². The number of furan rings is 1. The molecule has 0 N–H and O–H groups in total. The van der Waals surface area contributed by atoms with Gasteiger partial charge in [-0.05, 0) is 95.4 Å². The molecule has 326 valence electrons. The molecule has 8 aromatic carbocycles. The zero-order valence-electron chi connectivity index (χ0n) is 37.8. The van der Waals surface area contributed by atoms with Crippen LogP contribution in [0.3, 0.4) is 0 Å². The predicted octanol–water partition coefficient (Wildman–Crippen LogP) is 16.4. The van der Waals surface area contributed by atoms with Crippen LogP contribution in [-0.2, 0) is 0 Å². The molecule has 4 aromatic heterocycles. The second-order valence-electron chi connectivity index (χ2n) is 17.1. The predicted molar refractivity (Wildman–Crippen MR) is 285 cm³/mol. The van der Waals surface area contributed by atoms with Crippen molar-refractivity contribution >= 4 is 49.3 Å². The van der Waals surface area contributed by atoms with E-state index in [1.165, 1.54) is 5.39 Å². The van der Waals surface area contributed by atoms with E-state index in [1.54, 1.807) is 0 Å². The number of fused-ring (bicyclic) bond motifs is 6. The minimum absolute atomic E-state index is 0.476. The second-order valence-corrected chi connectivity index (χ2v) is 17.1.